The highest BCUT2D eigenvalue weighted by atomic mass is 127. The molecule has 0 aliphatic heterocycles. The molecule has 1 atom stereocenters. The van der Waals surface area contributed by atoms with Crippen LogP contribution in [0.5, 0.6) is 0 Å². The molecule has 0 heterocycles. The zero-order valence-corrected chi connectivity index (χ0v) is 16.6. The fourth-order valence-corrected chi connectivity index (χ4v) is 2.38. The summed E-state index contributed by atoms with van der Waals surface area (Å²) in [6, 6.07) is 14.1. The van der Waals surface area contributed by atoms with Gasteiger partial charge in [-0.25, -0.2) is 0 Å². The van der Waals surface area contributed by atoms with Gasteiger partial charge in [-0.3, -0.25) is 4.99 Å². The summed E-state index contributed by atoms with van der Waals surface area (Å²) < 4.78 is 36.8. The van der Waals surface area contributed by atoms with E-state index in [0.717, 1.165) is 16.3 Å². The van der Waals surface area contributed by atoms with Crippen LogP contribution in [0.25, 0.3) is 10.8 Å². The third-order valence-corrected chi connectivity index (χ3v) is 3.64. The first kappa shape index (κ1) is 21.5. The van der Waals surface area contributed by atoms with E-state index < -0.39 is 12.6 Å². The van der Waals surface area contributed by atoms with Crippen molar-refractivity contribution in [2.45, 2.75) is 32.5 Å². The summed E-state index contributed by atoms with van der Waals surface area (Å²) in [4.78, 5) is 4.00. The minimum absolute atomic E-state index is 0. The van der Waals surface area contributed by atoms with E-state index in [1.807, 2.05) is 50.2 Å². The molecule has 2 aromatic rings. The summed E-state index contributed by atoms with van der Waals surface area (Å²) in [7, 11) is 0. The Morgan fingerprint density at radius 3 is 2.44 bits per heavy atom. The highest BCUT2D eigenvalue weighted by Gasteiger charge is 2.26. The summed E-state index contributed by atoms with van der Waals surface area (Å²) >= 11 is 0. The van der Waals surface area contributed by atoms with Crippen LogP contribution in [-0.4, -0.2) is 25.2 Å². The number of guanidine groups is 1. The number of aliphatic imine (C=N–C) groups is 1. The van der Waals surface area contributed by atoms with Crippen LogP contribution in [0.3, 0.4) is 0 Å². The Morgan fingerprint density at radius 2 is 1.80 bits per heavy atom. The molecule has 0 spiro atoms. The van der Waals surface area contributed by atoms with Gasteiger partial charge in [0, 0.05) is 6.54 Å². The Labute approximate surface area is 163 Å². The van der Waals surface area contributed by atoms with Crippen molar-refractivity contribution in [2.75, 3.05) is 13.1 Å². The Hall–Kier alpha value is -1.51. The molecule has 1 unspecified atom stereocenters. The number of alkyl halides is 3. The molecular weight excluding hydrogens is 442 g/mol. The van der Waals surface area contributed by atoms with Crippen molar-refractivity contribution >= 4 is 40.7 Å². The van der Waals surface area contributed by atoms with Gasteiger partial charge >= 0.3 is 6.18 Å². The number of hydrogen-bond donors (Lipinski definition) is 2. The number of halogens is 4. The molecule has 2 N–H and O–H groups in total. The lowest BCUT2D eigenvalue weighted by molar-refractivity contribution is -0.132. The first-order chi connectivity index (χ1) is 11.4. The van der Waals surface area contributed by atoms with E-state index in [-0.39, 0.29) is 36.6 Å². The molecule has 0 aliphatic rings. The average molecular weight is 465 g/mol. The third kappa shape index (κ3) is 7.09. The zero-order chi connectivity index (χ0) is 17.6. The second-order valence-corrected chi connectivity index (χ2v) is 5.60. The van der Waals surface area contributed by atoms with Crippen LogP contribution in [-0.2, 0) is 0 Å². The Kier molecular flexibility index (Phi) is 8.47. The molecule has 0 amide bonds. The van der Waals surface area contributed by atoms with Gasteiger partial charge in [-0.15, -0.1) is 24.0 Å². The topological polar surface area (TPSA) is 36.4 Å². The summed E-state index contributed by atoms with van der Waals surface area (Å²) in [5.74, 6) is 0.391. The normalized spacial score (nSPS) is 13.2. The van der Waals surface area contributed by atoms with Crippen LogP contribution in [0.1, 0.15) is 31.9 Å². The molecule has 0 saturated heterocycles. The predicted molar refractivity (Wildman–Crippen MR) is 108 cm³/mol. The van der Waals surface area contributed by atoms with Crippen LogP contribution in [0, 0.1) is 0 Å². The third-order valence-electron chi connectivity index (χ3n) is 3.64. The van der Waals surface area contributed by atoms with E-state index in [1.54, 1.807) is 0 Å². The van der Waals surface area contributed by atoms with Crippen LogP contribution in [0.15, 0.2) is 47.5 Å². The second-order valence-electron chi connectivity index (χ2n) is 5.60. The molecule has 25 heavy (non-hydrogen) atoms. The van der Waals surface area contributed by atoms with E-state index >= 15 is 0 Å². The van der Waals surface area contributed by atoms with Gasteiger partial charge in [0.25, 0.3) is 0 Å². The molecular formula is C18H23F3IN3. The lowest BCUT2D eigenvalue weighted by Crippen LogP contribution is -2.39. The summed E-state index contributed by atoms with van der Waals surface area (Å²) in [6.07, 6.45) is -5.11. The molecule has 0 radical (unpaired) electrons. The fourth-order valence-electron chi connectivity index (χ4n) is 2.38. The number of benzene rings is 2. The van der Waals surface area contributed by atoms with Crippen molar-refractivity contribution < 1.29 is 13.2 Å². The minimum atomic E-state index is -4.19. The molecule has 2 rings (SSSR count). The molecule has 0 saturated carbocycles. The van der Waals surface area contributed by atoms with Gasteiger partial charge in [0.1, 0.15) is 0 Å². The fraction of sp³-hybridized carbons (Fsp3) is 0.389. The molecule has 7 heteroatoms. The maximum atomic E-state index is 12.3. The minimum Gasteiger partial charge on any atom is -0.357 e. The lowest BCUT2D eigenvalue weighted by atomic mass is 10.0. The molecule has 0 aliphatic carbocycles. The monoisotopic (exact) mass is 465 g/mol. The van der Waals surface area contributed by atoms with Gasteiger partial charge in [-0.05, 0) is 36.2 Å². The first-order valence-corrected chi connectivity index (χ1v) is 7.99. The summed E-state index contributed by atoms with van der Waals surface area (Å²) in [6.45, 7) is 4.13. The molecule has 138 valence electrons. The highest BCUT2D eigenvalue weighted by molar-refractivity contribution is 14.0. The molecule has 3 nitrogen and oxygen atoms in total. The average Bonchev–Trinajstić information content (AvgIpc) is 2.53. The van der Waals surface area contributed by atoms with Crippen LogP contribution < -0.4 is 10.6 Å². The summed E-state index contributed by atoms with van der Waals surface area (Å²) in [5, 5.41) is 8.41. The van der Waals surface area contributed by atoms with Gasteiger partial charge in [0.2, 0.25) is 0 Å². The maximum absolute atomic E-state index is 12.3. The highest BCUT2D eigenvalue weighted by Crippen LogP contribution is 2.21. The van der Waals surface area contributed by atoms with Gasteiger partial charge in [-0.1, -0.05) is 36.4 Å². The second kappa shape index (κ2) is 9.84. The quantitative estimate of drug-likeness (QED) is 0.370. The SMILES string of the molecule is CCNC(=NCCC(F)(F)F)NC(C)c1ccc2ccccc2c1.I. The standard InChI is InChI=1S/C18H22F3N3.HI/c1-3-22-17(23-11-10-18(19,20)21)24-13(2)15-9-8-14-6-4-5-7-16(14)12-15;/h4-9,12-13H,3,10-11H2,1-2H3,(H2,22,23,24);1H. The number of nitrogens with one attached hydrogen (secondary N) is 2. The van der Waals surface area contributed by atoms with E-state index in [2.05, 4.69) is 21.7 Å². The van der Waals surface area contributed by atoms with Gasteiger partial charge in [0.15, 0.2) is 5.96 Å². The summed E-state index contributed by atoms with van der Waals surface area (Å²) in [5.41, 5.74) is 1.05. The first-order valence-electron chi connectivity index (χ1n) is 7.99. The van der Waals surface area contributed by atoms with Crippen molar-refractivity contribution in [3.05, 3.63) is 48.0 Å². The molecule has 2 aromatic carbocycles. The Bertz CT molecular complexity index is 701. The van der Waals surface area contributed by atoms with E-state index in [0.29, 0.717) is 12.5 Å². The smallest absolute Gasteiger partial charge is 0.357 e. The number of fused-ring (bicyclic) bond motifs is 1. The van der Waals surface area contributed by atoms with Crippen molar-refractivity contribution in [1.82, 2.24) is 10.6 Å². The van der Waals surface area contributed by atoms with Crippen LogP contribution in [0.2, 0.25) is 0 Å². The molecule has 0 fully saturated rings. The maximum Gasteiger partial charge on any atom is 0.390 e. The van der Waals surface area contributed by atoms with Gasteiger partial charge in [-0.2, -0.15) is 13.2 Å². The van der Waals surface area contributed by atoms with Crippen LogP contribution >= 0.6 is 24.0 Å². The van der Waals surface area contributed by atoms with Crippen molar-refractivity contribution in [3.63, 3.8) is 0 Å². The van der Waals surface area contributed by atoms with E-state index in [4.69, 9.17) is 0 Å². The Morgan fingerprint density at radius 1 is 1.12 bits per heavy atom. The number of hydrogen-bond acceptors (Lipinski definition) is 1. The molecule has 0 aromatic heterocycles. The Balaban J connectivity index is 0.00000312. The van der Waals surface area contributed by atoms with Crippen molar-refractivity contribution in [1.29, 1.82) is 0 Å². The van der Waals surface area contributed by atoms with E-state index in [1.165, 1.54) is 0 Å². The van der Waals surface area contributed by atoms with Crippen molar-refractivity contribution in [2.24, 2.45) is 4.99 Å². The van der Waals surface area contributed by atoms with Crippen LogP contribution in [0.4, 0.5) is 13.2 Å². The van der Waals surface area contributed by atoms with Crippen molar-refractivity contribution in [3.8, 4) is 0 Å². The zero-order valence-electron chi connectivity index (χ0n) is 14.2. The number of rotatable bonds is 5. The molecule has 0 bridgehead atoms. The lowest BCUT2D eigenvalue weighted by Gasteiger charge is -2.19. The largest absolute Gasteiger partial charge is 0.390 e. The van der Waals surface area contributed by atoms with Gasteiger partial charge < -0.3 is 10.6 Å². The van der Waals surface area contributed by atoms with E-state index in [9.17, 15) is 13.2 Å². The van der Waals surface area contributed by atoms with Gasteiger partial charge in [0.05, 0.1) is 19.0 Å². The number of nitrogens with zero attached hydrogens (tertiary/aromatic N) is 1. The predicted octanol–water partition coefficient (Wildman–Crippen LogP) is 5.03.